The third-order valence-electron chi connectivity index (χ3n) is 3.28. The maximum absolute atomic E-state index is 12.9. The van der Waals surface area contributed by atoms with Crippen LogP contribution < -0.4 is 10.2 Å². The van der Waals surface area contributed by atoms with Gasteiger partial charge in [-0.2, -0.15) is 0 Å². The van der Waals surface area contributed by atoms with Gasteiger partial charge in [-0.25, -0.2) is 4.39 Å². The summed E-state index contributed by atoms with van der Waals surface area (Å²) in [7, 11) is 0. The Bertz CT molecular complexity index is 444. The van der Waals surface area contributed by atoms with Crippen molar-refractivity contribution in [1.82, 2.24) is 0 Å². The van der Waals surface area contributed by atoms with Crippen molar-refractivity contribution in [2.75, 3.05) is 13.2 Å². The molecule has 0 amide bonds. The minimum atomic E-state index is -5.28. The van der Waals surface area contributed by atoms with Gasteiger partial charge in [-0.15, -0.1) is 0 Å². The van der Waals surface area contributed by atoms with Gasteiger partial charge < -0.3 is 22.4 Å². The van der Waals surface area contributed by atoms with E-state index in [1.807, 2.05) is 0 Å². The minimum absolute atomic E-state index is 0.171. The molecule has 112 valence electrons. The van der Waals surface area contributed by atoms with Crippen LogP contribution in [0.4, 0.5) is 17.3 Å². The van der Waals surface area contributed by atoms with Crippen LogP contribution in [-0.2, 0) is 4.74 Å². The lowest BCUT2D eigenvalue weighted by Crippen LogP contribution is -2.35. The van der Waals surface area contributed by atoms with Gasteiger partial charge in [-0.3, -0.25) is 0 Å². The first-order valence-electron chi connectivity index (χ1n) is 6.70. The second-order valence-electron chi connectivity index (χ2n) is 4.88. The maximum atomic E-state index is 12.9. The van der Waals surface area contributed by atoms with Crippen molar-refractivity contribution in [1.29, 1.82) is 0 Å². The molecule has 0 saturated carbocycles. The number of benzene rings is 1. The quantitative estimate of drug-likeness (QED) is 0.455. The van der Waals surface area contributed by atoms with E-state index in [1.54, 1.807) is 0 Å². The summed E-state index contributed by atoms with van der Waals surface area (Å²) in [6.07, 6.45) is 3.61. The lowest BCUT2D eigenvalue weighted by molar-refractivity contribution is 0.0981. The van der Waals surface area contributed by atoms with Gasteiger partial charge in [0.15, 0.2) is 0 Å². The average Bonchev–Trinajstić information content (AvgIpc) is 2.88. The van der Waals surface area contributed by atoms with Crippen LogP contribution in [0.2, 0.25) is 0 Å². The second-order valence-corrected chi connectivity index (χ2v) is 4.88. The van der Waals surface area contributed by atoms with Crippen LogP contribution in [0.3, 0.4) is 0 Å². The zero-order chi connectivity index (χ0) is 14.6. The lowest BCUT2D eigenvalue weighted by Gasteiger charge is -2.20. The van der Waals surface area contributed by atoms with E-state index >= 15 is 0 Å². The topological polar surface area (TPSA) is 18.5 Å². The largest absolute Gasteiger partial charge is 0.513 e. The third kappa shape index (κ3) is 4.13. The molecule has 7 heteroatoms. The van der Waals surface area contributed by atoms with Crippen LogP contribution in [0.5, 0.6) is 5.75 Å². The minimum Gasteiger partial charge on any atom is -0.497 e. The number of rotatable bonds is 6. The van der Waals surface area contributed by atoms with Gasteiger partial charge >= 0.3 is 6.98 Å². The van der Waals surface area contributed by atoms with Gasteiger partial charge in [0.05, 0.1) is 18.5 Å². The van der Waals surface area contributed by atoms with Crippen molar-refractivity contribution in [3.05, 3.63) is 24.0 Å². The SMILES string of the molecule is Fc1ccc(OCCCC2CCCO2)c([B-](F)(F)F)c1. The van der Waals surface area contributed by atoms with E-state index in [9.17, 15) is 17.3 Å². The number of halogens is 4. The fourth-order valence-electron chi connectivity index (χ4n) is 2.27. The van der Waals surface area contributed by atoms with Crippen molar-refractivity contribution < 1.29 is 26.8 Å². The van der Waals surface area contributed by atoms with Crippen LogP contribution in [0.25, 0.3) is 0 Å². The van der Waals surface area contributed by atoms with Crippen molar-refractivity contribution in [2.24, 2.45) is 0 Å². The summed E-state index contributed by atoms with van der Waals surface area (Å²) in [6.45, 7) is -4.35. The van der Waals surface area contributed by atoms with Crippen LogP contribution in [0.15, 0.2) is 18.2 Å². The van der Waals surface area contributed by atoms with Gasteiger partial charge in [0, 0.05) is 6.61 Å². The summed E-state index contributed by atoms with van der Waals surface area (Å²) in [5.74, 6) is -1.21. The monoisotopic (exact) mass is 291 g/mol. The third-order valence-corrected chi connectivity index (χ3v) is 3.28. The molecule has 1 saturated heterocycles. The van der Waals surface area contributed by atoms with E-state index in [0.717, 1.165) is 38.0 Å². The zero-order valence-electron chi connectivity index (χ0n) is 11.0. The standard InChI is InChI=1S/C13H16BF4O2/c15-10-5-6-13(12(9-10)14(16,17)18)20-8-2-4-11-3-1-7-19-11/h5-6,9,11H,1-4,7-8H2/q-1. The fraction of sp³-hybridized carbons (Fsp3) is 0.538. The molecule has 1 atom stereocenters. The Morgan fingerprint density at radius 1 is 1.30 bits per heavy atom. The Balaban J connectivity index is 1.88. The van der Waals surface area contributed by atoms with Gasteiger partial charge in [0.1, 0.15) is 5.82 Å². The van der Waals surface area contributed by atoms with Crippen LogP contribution in [0, 0.1) is 5.82 Å². The Morgan fingerprint density at radius 2 is 2.10 bits per heavy atom. The van der Waals surface area contributed by atoms with Crippen LogP contribution >= 0.6 is 0 Å². The normalized spacial score (nSPS) is 19.3. The smallest absolute Gasteiger partial charge is 0.497 e. The first-order valence-corrected chi connectivity index (χ1v) is 6.70. The highest BCUT2D eigenvalue weighted by molar-refractivity contribution is 6.74. The maximum Gasteiger partial charge on any atom is 0.513 e. The highest BCUT2D eigenvalue weighted by atomic mass is 19.4. The molecule has 1 unspecified atom stereocenters. The summed E-state index contributed by atoms with van der Waals surface area (Å²) in [6, 6.07) is 2.49. The van der Waals surface area contributed by atoms with Gasteiger partial charge in [-0.05, 0) is 43.9 Å². The highest BCUT2D eigenvalue weighted by Gasteiger charge is 2.29. The van der Waals surface area contributed by atoms with E-state index < -0.39 is 18.3 Å². The van der Waals surface area contributed by atoms with Gasteiger partial charge in [-0.1, -0.05) is 5.46 Å². The molecule has 2 rings (SSSR count). The molecule has 0 N–H and O–H groups in total. The van der Waals surface area contributed by atoms with E-state index in [0.29, 0.717) is 12.5 Å². The molecule has 0 radical (unpaired) electrons. The predicted molar refractivity (Wildman–Crippen MR) is 68.8 cm³/mol. The summed E-state index contributed by atoms with van der Waals surface area (Å²) in [4.78, 5) is 0. The number of hydrogen-bond donors (Lipinski definition) is 0. The number of ether oxygens (including phenoxy) is 2. The van der Waals surface area contributed by atoms with Gasteiger partial charge in [0.2, 0.25) is 0 Å². The summed E-state index contributed by atoms with van der Waals surface area (Å²) < 4.78 is 61.8. The van der Waals surface area contributed by atoms with E-state index in [1.165, 1.54) is 0 Å². The summed E-state index contributed by atoms with van der Waals surface area (Å²) >= 11 is 0. The Kier molecular flexibility index (Phi) is 4.91. The summed E-state index contributed by atoms with van der Waals surface area (Å²) in [5.41, 5.74) is -1.01. The number of hydrogen-bond acceptors (Lipinski definition) is 2. The van der Waals surface area contributed by atoms with E-state index in [2.05, 4.69) is 0 Å². The van der Waals surface area contributed by atoms with Crippen molar-refractivity contribution >= 4 is 12.4 Å². The molecule has 1 aliphatic heterocycles. The molecule has 0 aliphatic carbocycles. The van der Waals surface area contributed by atoms with Crippen molar-refractivity contribution in [3.8, 4) is 5.75 Å². The van der Waals surface area contributed by atoms with Crippen LogP contribution in [-0.4, -0.2) is 26.3 Å². The molecule has 1 aromatic rings. The molecule has 0 spiro atoms. The highest BCUT2D eigenvalue weighted by Crippen LogP contribution is 2.20. The molecule has 1 heterocycles. The van der Waals surface area contributed by atoms with Gasteiger partial charge in [0.25, 0.3) is 0 Å². The Labute approximate surface area is 115 Å². The van der Waals surface area contributed by atoms with Crippen LogP contribution in [0.1, 0.15) is 25.7 Å². The van der Waals surface area contributed by atoms with E-state index in [4.69, 9.17) is 9.47 Å². The lowest BCUT2D eigenvalue weighted by atomic mass is 9.79. The summed E-state index contributed by atoms with van der Waals surface area (Å²) in [5, 5.41) is 0. The van der Waals surface area contributed by atoms with E-state index in [-0.39, 0.29) is 18.5 Å². The average molecular weight is 291 g/mol. The molecule has 1 fully saturated rings. The van der Waals surface area contributed by atoms with Crippen molar-refractivity contribution in [3.63, 3.8) is 0 Å². The first kappa shape index (κ1) is 15.2. The zero-order valence-corrected chi connectivity index (χ0v) is 11.0. The Hall–Kier alpha value is -1.24. The predicted octanol–water partition coefficient (Wildman–Crippen LogP) is 3.22. The molecular formula is C13H16BF4O2-. The Morgan fingerprint density at radius 3 is 2.75 bits per heavy atom. The molecular weight excluding hydrogens is 275 g/mol. The molecule has 2 nitrogen and oxygen atoms in total. The molecule has 0 bridgehead atoms. The molecule has 20 heavy (non-hydrogen) atoms. The molecule has 1 aromatic carbocycles. The molecule has 0 aromatic heterocycles. The first-order chi connectivity index (χ1) is 9.47. The van der Waals surface area contributed by atoms with Crippen molar-refractivity contribution in [2.45, 2.75) is 31.8 Å². The second kappa shape index (κ2) is 6.48. The molecule has 1 aliphatic rings. The fourth-order valence-corrected chi connectivity index (χ4v) is 2.27.